The maximum Gasteiger partial charge on any atom is 0.408 e. The number of esters is 1. The Bertz CT molecular complexity index is 416. The third-order valence-electron chi connectivity index (χ3n) is 1.97. The number of rotatable bonds is 6. The van der Waals surface area contributed by atoms with Gasteiger partial charge in [0.15, 0.2) is 5.78 Å². The summed E-state index contributed by atoms with van der Waals surface area (Å²) in [6, 6.07) is -1.10. The molecule has 0 aliphatic heterocycles. The van der Waals surface area contributed by atoms with Crippen molar-refractivity contribution < 1.29 is 33.4 Å². The van der Waals surface area contributed by atoms with Gasteiger partial charge < -0.3 is 25.3 Å². The van der Waals surface area contributed by atoms with Gasteiger partial charge in [0.05, 0.1) is 6.42 Å². The Labute approximate surface area is 135 Å². The van der Waals surface area contributed by atoms with Gasteiger partial charge in [0, 0.05) is 0 Å². The zero-order valence-corrected chi connectivity index (χ0v) is 14.4. The molecule has 1 unspecified atom stereocenters. The van der Waals surface area contributed by atoms with Gasteiger partial charge in [-0.1, -0.05) is 13.8 Å². The first kappa shape index (κ1) is 23.0. The van der Waals surface area contributed by atoms with Crippen molar-refractivity contribution in [2.75, 3.05) is 6.79 Å². The van der Waals surface area contributed by atoms with Crippen LogP contribution in [0.4, 0.5) is 9.59 Å². The van der Waals surface area contributed by atoms with Crippen molar-refractivity contribution in [1.29, 1.82) is 0 Å². The first-order chi connectivity index (χ1) is 10.5. The molecule has 0 rings (SSSR count). The van der Waals surface area contributed by atoms with Crippen LogP contribution in [0.15, 0.2) is 0 Å². The van der Waals surface area contributed by atoms with Gasteiger partial charge in [0.1, 0.15) is 11.6 Å². The third-order valence-corrected chi connectivity index (χ3v) is 1.97. The fraction of sp³-hybridized carbons (Fsp3) is 0.714. The third kappa shape index (κ3) is 14.4. The van der Waals surface area contributed by atoms with E-state index in [0.29, 0.717) is 0 Å². The van der Waals surface area contributed by atoms with E-state index in [4.69, 9.17) is 4.74 Å². The molecule has 0 bridgehead atoms. The van der Waals surface area contributed by atoms with E-state index < -0.39 is 48.8 Å². The van der Waals surface area contributed by atoms with E-state index in [1.54, 1.807) is 20.8 Å². The van der Waals surface area contributed by atoms with E-state index >= 15 is 0 Å². The Balaban J connectivity index is 0. The molecular weight excluding hydrogens is 308 g/mol. The molecule has 3 N–H and O–H groups in total. The first-order valence-electron chi connectivity index (χ1n) is 7.09. The number of ketones is 1. The summed E-state index contributed by atoms with van der Waals surface area (Å²) in [5, 5.41) is 2.26. The number of nitrogens with one attached hydrogen (secondary N) is 1. The van der Waals surface area contributed by atoms with Gasteiger partial charge >= 0.3 is 18.2 Å². The van der Waals surface area contributed by atoms with Crippen molar-refractivity contribution in [1.82, 2.24) is 5.32 Å². The Hall–Kier alpha value is -2.32. The van der Waals surface area contributed by atoms with E-state index in [2.05, 4.69) is 20.5 Å². The van der Waals surface area contributed by atoms with Crippen LogP contribution < -0.4 is 11.1 Å². The number of hydrogen-bond donors (Lipinski definition) is 2. The molecule has 0 spiro atoms. The lowest BCUT2D eigenvalue weighted by Gasteiger charge is -2.22. The van der Waals surface area contributed by atoms with Gasteiger partial charge in [-0.15, -0.1) is 0 Å². The summed E-state index contributed by atoms with van der Waals surface area (Å²) in [6.07, 6.45) is -2.35. The molecular formula is C14H26N2O7. The second-order valence-corrected chi connectivity index (χ2v) is 5.11. The zero-order valence-electron chi connectivity index (χ0n) is 14.4. The van der Waals surface area contributed by atoms with Crippen LogP contribution in [0.25, 0.3) is 0 Å². The molecule has 0 saturated carbocycles. The molecule has 2 amide bonds. The number of hydrogen-bond acceptors (Lipinski definition) is 7. The van der Waals surface area contributed by atoms with Gasteiger partial charge in [-0.05, 0) is 27.7 Å². The average Bonchev–Trinajstić information content (AvgIpc) is 2.37. The lowest BCUT2D eigenvalue weighted by atomic mass is 10.1. The second kappa shape index (κ2) is 11.3. The summed E-state index contributed by atoms with van der Waals surface area (Å²) < 4.78 is 13.7. The Morgan fingerprint density at radius 2 is 1.61 bits per heavy atom. The molecule has 9 nitrogen and oxygen atoms in total. The number of primary amides is 1. The molecule has 134 valence electrons. The highest BCUT2D eigenvalue weighted by Gasteiger charge is 2.24. The number of ether oxygens (including phenoxy) is 3. The van der Waals surface area contributed by atoms with E-state index in [-0.39, 0.29) is 0 Å². The quantitative estimate of drug-likeness (QED) is 0.555. The maximum atomic E-state index is 11.5. The van der Waals surface area contributed by atoms with Crippen LogP contribution in [0, 0.1) is 0 Å². The normalized spacial score (nSPS) is 11.2. The minimum Gasteiger partial charge on any atom is -0.444 e. The number of carbonyl (C=O) groups excluding carboxylic acids is 4. The Kier molecular flexibility index (Phi) is 11.3. The van der Waals surface area contributed by atoms with E-state index in [0.717, 1.165) is 0 Å². The highest BCUT2D eigenvalue weighted by Crippen LogP contribution is 2.07. The van der Waals surface area contributed by atoms with Gasteiger partial charge in [-0.3, -0.25) is 9.59 Å². The van der Waals surface area contributed by atoms with Crippen molar-refractivity contribution >= 4 is 23.9 Å². The van der Waals surface area contributed by atoms with Gasteiger partial charge in [0.2, 0.25) is 6.79 Å². The molecule has 0 aromatic rings. The topological polar surface area (TPSA) is 134 Å². The molecule has 9 heteroatoms. The lowest BCUT2D eigenvalue weighted by molar-refractivity contribution is -0.153. The molecule has 0 fully saturated rings. The van der Waals surface area contributed by atoms with Crippen LogP contribution in [-0.4, -0.2) is 42.4 Å². The van der Waals surface area contributed by atoms with Crippen LogP contribution in [0.3, 0.4) is 0 Å². The van der Waals surface area contributed by atoms with E-state index in [1.807, 2.05) is 13.8 Å². The summed E-state index contributed by atoms with van der Waals surface area (Å²) in [5.41, 5.74) is 3.94. The smallest absolute Gasteiger partial charge is 0.408 e. The molecule has 0 aliphatic carbocycles. The van der Waals surface area contributed by atoms with Crippen LogP contribution in [0.2, 0.25) is 0 Å². The van der Waals surface area contributed by atoms with Crippen molar-refractivity contribution in [3.05, 3.63) is 0 Å². The summed E-state index contributed by atoms with van der Waals surface area (Å²) in [4.78, 5) is 44.6. The monoisotopic (exact) mass is 334 g/mol. The van der Waals surface area contributed by atoms with Gasteiger partial charge in [0.25, 0.3) is 0 Å². The molecule has 0 radical (unpaired) electrons. The second-order valence-electron chi connectivity index (χ2n) is 5.11. The van der Waals surface area contributed by atoms with Crippen LogP contribution in [0.5, 0.6) is 0 Å². The van der Waals surface area contributed by atoms with Crippen LogP contribution in [-0.2, 0) is 23.8 Å². The lowest BCUT2D eigenvalue weighted by Crippen LogP contribution is -2.44. The molecule has 1 atom stereocenters. The van der Waals surface area contributed by atoms with E-state index in [9.17, 15) is 19.2 Å². The SMILES string of the molecule is CC.CC(=O)C(CC(=O)OCOC(N)=O)NC(=O)OC(C)(C)C. The van der Waals surface area contributed by atoms with Gasteiger partial charge in [-0.25, -0.2) is 9.59 Å². The van der Waals surface area contributed by atoms with Gasteiger partial charge in [-0.2, -0.15) is 0 Å². The molecule has 0 heterocycles. The standard InChI is InChI=1S/C12H20N2O7.C2H6/c1-7(15)8(14-11(18)21-12(2,3)4)5-9(16)19-6-20-10(13)17;1-2/h8H,5-6H2,1-4H3,(H2,13,17)(H,14,18);1-2H3. The highest BCUT2D eigenvalue weighted by atomic mass is 16.7. The van der Waals surface area contributed by atoms with Crippen molar-refractivity contribution in [2.45, 2.75) is 59.6 Å². The fourth-order valence-electron chi connectivity index (χ4n) is 1.13. The number of nitrogens with two attached hydrogens (primary N) is 1. The minimum absolute atomic E-state index is 0.420. The Morgan fingerprint density at radius 3 is 2.00 bits per heavy atom. The number of carbonyl (C=O) groups is 4. The summed E-state index contributed by atoms with van der Waals surface area (Å²) in [7, 11) is 0. The number of alkyl carbamates (subject to hydrolysis) is 1. The molecule has 0 aromatic heterocycles. The van der Waals surface area contributed by atoms with Crippen LogP contribution >= 0.6 is 0 Å². The number of Topliss-reactive ketones (excluding diaryl/α,β-unsaturated/α-hetero) is 1. The van der Waals surface area contributed by atoms with Crippen molar-refractivity contribution in [3.8, 4) is 0 Å². The minimum atomic E-state index is -1.10. The van der Waals surface area contributed by atoms with E-state index in [1.165, 1.54) is 6.92 Å². The van der Waals surface area contributed by atoms with Crippen molar-refractivity contribution in [3.63, 3.8) is 0 Å². The fourth-order valence-corrected chi connectivity index (χ4v) is 1.13. The summed E-state index contributed by atoms with van der Waals surface area (Å²) in [6.45, 7) is 9.51. The highest BCUT2D eigenvalue weighted by molar-refractivity contribution is 5.89. The molecule has 0 aliphatic rings. The summed E-state index contributed by atoms with van der Waals surface area (Å²) >= 11 is 0. The maximum absolute atomic E-state index is 11.5. The number of amides is 2. The predicted molar refractivity (Wildman–Crippen MR) is 81.4 cm³/mol. The van der Waals surface area contributed by atoms with Crippen molar-refractivity contribution in [2.24, 2.45) is 5.73 Å². The Morgan fingerprint density at radius 1 is 1.09 bits per heavy atom. The summed E-state index contributed by atoms with van der Waals surface area (Å²) in [5.74, 6) is -1.29. The molecule has 0 saturated heterocycles. The first-order valence-corrected chi connectivity index (χ1v) is 7.09. The van der Waals surface area contributed by atoms with Crippen LogP contribution in [0.1, 0.15) is 48.0 Å². The average molecular weight is 334 g/mol. The molecule has 0 aromatic carbocycles. The predicted octanol–water partition coefficient (Wildman–Crippen LogP) is 1.48. The largest absolute Gasteiger partial charge is 0.444 e. The zero-order chi connectivity index (χ0) is 18.6. The molecule has 23 heavy (non-hydrogen) atoms.